The highest BCUT2D eigenvalue weighted by Crippen LogP contribution is 2.26. The summed E-state index contributed by atoms with van der Waals surface area (Å²) in [7, 11) is 0. The number of fused-ring (bicyclic) bond motifs is 1. The van der Waals surface area contributed by atoms with Crippen LogP contribution in [0.15, 0.2) is 18.2 Å². The number of primary amides is 1. The van der Waals surface area contributed by atoms with Crippen molar-refractivity contribution in [2.45, 2.75) is 38.8 Å². The number of rotatable bonds is 5. The third-order valence-corrected chi connectivity index (χ3v) is 3.67. The fourth-order valence-electron chi connectivity index (χ4n) is 2.59. The predicted octanol–water partition coefficient (Wildman–Crippen LogP) is 0.747. The number of carbonyl (C=O) groups excluding carboxylic acids is 1. The van der Waals surface area contributed by atoms with Crippen molar-refractivity contribution >= 4 is 5.91 Å². The molecule has 1 aromatic carbocycles. The van der Waals surface area contributed by atoms with E-state index in [1.807, 2.05) is 0 Å². The lowest BCUT2D eigenvalue weighted by atomic mass is 9.83. The Morgan fingerprint density at radius 2 is 2.32 bits per heavy atom. The van der Waals surface area contributed by atoms with Gasteiger partial charge in [-0.15, -0.1) is 0 Å². The molecule has 1 aromatic rings. The molecule has 4 N–H and O–H groups in total. The van der Waals surface area contributed by atoms with Crippen molar-refractivity contribution in [2.75, 3.05) is 6.54 Å². The largest absolute Gasteiger partial charge is 0.392 e. The summed E-state index contributed by atoms with van der Waals surface area (Å²) in [5.41, 5.74) is 9.17. The van der Waals surface area contributed by atoms with E-state index in [9.17, 15) is 9.90 Å². The van der Waals surface area contributed by atoms with Gasteiger partial charge in [0.15, 0.2) is 0 Å². The molecular weight excluding hydrogens is 240 g/mol. The summed E-state index contributed by atoms with van der Waals surface area (Å²) in [5.74, 6) is -0.194. The Morgan fingerprint density at radius 3 is 3.00 bits per heavy atom. The number of benzene rings is 1. The lowest BCUT2D eigenvalue weighted by Crippen LogP contribution is -2.28. The highest BCUT2D eigenvalue weighted by Gasteiger charge is 2.22. The zero-order chi connectivity index (χ0) is 13.8. The number of aliphatic hydroxyl groups is 1. The lowest BCUT2D eigenvalue weighted by molar-refractivity contribution is -0.122. The molecule has 2 rings (SSSR count). The molecule has 4 nitrogen and oxygen atoms in total. The van der Waals surface area contributed by atoms with E-state index in [1.165, 1.54) is 16.7 Å². The first-order chi connectivity index (χ1) is 9.06. The molecule has 0 spiro atoms. The summed E-state index contributed by atoms with van der Waals surface area (Å²) in [4.78, 5) is 11.2. The van der Waals surface area contributed by atoms with Crippen LogP contribution in [0.25, 0.3) is 0 Å². The van der Waals surface area contributed by atoms with Crippen molar-refractivity contribution in [1.82, 2.24) is 5.32 Å². The Kier molecular flexibility index (Phi) is 4.56. The van der Waals surface area contributed by atoms with Gasteiger partial charge in [0.25, 0.3) is 0 Å². The smallest absolute Gasteiger partial charge is 0.220 e. The molecule has 4 heteroatoms. The molecule has 19 heavy (non-hydrogen) atoms. The van der Waals surface area contributed by atoms with Crippen LogP contribution < -0.4 is 11.1 Å². The molecule has 2 unspecified atom stereocenters. The molecule has 0 saturated heterocycles. The third kappa shape index (κ3) is 3.78. The molecular formula is C15H22N2O2. The van der Waals surface area contributed by atoms with Gasteiger partial charge in [-0.2, -0.15) is 0 Å². The maximum Gasteiger partial charge on any atom is 0.220 e. The van der Waals surface area contributed by atoms with Crippen molar-refractivity contribution in [3.63, 3.8) is 0 Å². The number of amides is 1. The molecule has 0 aliphatic heterocycles. The van der Waals surface area contributed by atoms with E-state index in [4.69, 9.17) is 5.73 Å². The SMILES string of the molecule is CC(O)CNCc1ccc2c(c1)CCC(C(N)=O)C2. The monoisotopic (exact) mass is 262 g/mol. The van der Waals surface area contributed by atoms with Crippen LogP contribution in [0, 0.1) is 5.92 Å². The Morgan fingerprint density at radius 1 is 1.53 bits per heavy atom. The van der Waals surface area contributed by atoms with Crippen molar-refractivity contribution in [3.05, 3.63) is 34.9 Å². The zero-order valence-corrected chi connectivity index (χ0v) is 11.4. The van der Waals surface area contributed by atoms with Gasteiger partial charge in [0, 0.05) is 19.0 Å². The van der Waals surface area contributed by atoms with E-state index in [2.05, 4.69) is 23.5 Å². The minimum Gasteiger partial charge on any atom is -0.392 e. The molecule has 0 heterocycles. The van der Waals surface area contributed by atoms with E-state index in [0.29, 0.717) is 6.54 Å². The van der Waals surface area contributed by atoms with Gasteiger partial charge in [0.05, 0.1) is 6.10 Å². The number of nitrogens with two attached hydrogens (primary N) is 1. The Balaban J connectivity index is 1.99. The molecule has 1 aliphatic rings. The Bertz CT molecular complexity index is 457. The van der Waals surface area contributed by atoms with Crippen LogP contribution in [-0.4, -0.2) is 23.7 Å². The number of nitrogens with one attached hydrogen (secondary N) is 1. The van der Waals surface area contributed by atoms with Crippen molar-refractivity contribution < 1.29 is 9.90 Å². The number of aliphatic hydroxyl groups excluding tert-OH is 1. The number of hydrogen-bond donors (Lipinski definition) is 3. The fraction of sp³-hybridized carbons (Fsp3) is 0.533. The fourth-order valence-corrected chi connectivity index (χ4v) is 2.59. The van der Waals surface area contributed by atoms with Gasteiger partial charge in [-0.1, -0.05) is 18.2 Å². The van der Waals surface area contributed by atoms with Gasteiger partial charge >= 0.3 is 0 Å². The molecule has 0 aromatic heterocycles. The first kappa shape index (κ1) is 14.0. The van der Waals surface area contributed by atoms with Crippen LogP contribution in [0.5, 0.6) is 0 Å². The van der Waals surface area contributed by atoms with E-state index in [-0.39, 0.29) is 17.9 Å². The standard InChI is InChI=1S/C15H22N2O2/c1-10(18)8-17-9-11-2-3-13-7-14(15(16)19)5-4-12(13)6-11/h2-3,6,10,14,17-18H,4-5,7-9H2,1H3,(H2,16,19). The normalized spacial score (nSPS) is 19.8. The maximum atomic E-state index is 11.2. The average molecular weight is 262 g/mol. The third-order valence-electron chi connectivity index (χ3n) is 3.67. The minimum absolute atomic E-state index is 0.00767. The van der Waals surface area contributed by atoms with Crippen LogP contribution in [0.3, 0.4) is 0 Å². The number of aryl methyl sites for hydroxylation is 1. The van der Waals surface area contributed by atoms with Gasteiger partial charge in [0.2, 0.25) is 5.91 Å². The van der Waals surface area contributed by atoms with Crippen LogP contribution >= 0.6 is 0 Å². The Hall–Kier alpha value is -1.39. The van der Waals surface area contributed by atoms with E-state index in [0.717, 1.165) is 25.8 Å². The second-order valence-electron chi connectivity index (χ2n) is 5.43. The minimum atomic E-state index is -0.325. The van der Waals surface area contributed by atoms with Gasteiger partial charge in [-0.05, 0) is 42.9 Å². The average Bonchev–Trinajstić information content (AvgIpc) is 2.37. The van der Waals surface area contributed by atoms with Crippen molar-refractivity contribution in [3.8, 4) is 0 Å². The summed E-state index contributed by atoms with van der Waals surface area (Å²) in [6.07, 6.45) is 2.22. The van der Waals surface area contributed by atoms with Gasteiger partial charge in [-0.25, -0.2) is 0 Å². The molecule has 104 valence electrons. The van der Waals surface area contributed by atoms with E-state index in [1.54, 1.807) is 6.92 Å². The van der Waals surface area contributed by atoms with Crippen molar-refractivity contribution in [1.29, 1.82) is 0 Å². The van der Waals surface area contributed by atoms with Crippen LogP contribution in [0.4, 0.5) is 0 Å². The molecule has 1 amide bonds. The second-order valence-corrected chi connectivity index (χ2v) is 5.43. The first-order valence-corrected chi connectivity index (χ1v) is 6.85. The second kappa shape index (κ2) is 6.17. The predicted molar refractivity (Wildman–Crippen MR) is 74.5 cm³/mol. The first-order valence-electron chi connectivity index (χ1n) is 6.85. The quantitative estimate of drug-likeness (QED) is 0.733. The van der Waals surface area contributed by atoms with E-state index >= 15 is 0 Å². The zero-order valence-electron chi connectivity index (χ0n) is 11.4. The maximum absolute atomic E-state index is 11.2. The van der Waals surface area contributed by atoms with Gasteiger partial charge in [-0.3, -0.25) is 4.79 Å². The molecule has 0 saturated carbocycles. The summed E-state index contributed by atoms with van der Waals surface area (Å²) in [6, 6.07) is 6.38. The van der Waals surface area contributed by atoms with Crippen LogP contribution in [-0.2, 0) is 24.2 Å². The molecule has 1 aliphatic carbocycles. The summed E-state index contributed by atoms with van der Waals surface area (Å²) < 4.78 is 0. The number of carbonyl (C=O) groups is 1. The van der Waals surface area contributed by atoms with Crippen LogP contribution in [0.2, 0.25) is 0 Å². The number of hydrogen-bond acceptors (Lipinski definition) is 3. The van der Waals surface area contributed by atoms with Gasteiger partial charge in [0.1, 0.15) is 0 Å². The van der Waals surface area contributed by atoms with Gasteiger partial charge < -0.3 is 16.2 Å². The topological polar surface area (TPSA) is 75.3 Å². The Labute approximate surface area is 114 Å². The molecule has 2 atom stereocenters. The lowest BCUT2D eigenvalue weighted by Gasteiger charge is -2.23. The summed E-state index contributed by atoms with van der Waals surface area (Å²) in [5, 5.41) is 12.4. The highest BCUT2D eigenvalue weighted by molar-refractivity contribution is 5.77. The summed E-state index contributed by atoms with van der Waals surface area (Å²) in [6.45, 7) is 3.13. The van der Waals surface area contributed by atoms with E-state index < -0.39 is 0 Å². The molecule has 0 bridgehead atoms. The van der Waals surface area contributed by atoms with Crippen LogP contribution in [0.1, 0.15) is 30.0 Å². The van der Waals surface area contributed by atoms with Crippen molar-refractivity contribution in [2.24, 2.45) is 11.7 Å². The summed E-state index contributed by atoms with van der Waals surface area (Å²) >= 11 is 0. The molecule has 0 fully saturated rings. The highest BCUT2D eigenvalue weighted by atomic mass is 16.3. The molecule has 0 radical (unpaired) electrons.